The molecule has 1 aliphatic rings. The number of nitrogens with zero attached hydrogens (tertiary/aromatic N) is 1. The molecule has 1 N–H and O–H groups in total. The van der Waals surface area contributed by atoms with Crippen LogP contribution in [-0.2, 0) is 4.79 Å². The Kier molecular flexibility index (Phi) is 3.49. The third-order valence-corrected chi connectivity index (χ3v) is 3.83. The third-order valence-electron chi connectivity index (χ3n) is 3.19. The number of halogens is 2. The second-order valence-electron chi connectivity index (χ2n) is 4.45. The fourth-order valence-electron chi connectivity index (χ4n) is 2.33. The van der Waals surface area contributed by atoms with Crippen molar-refractivity contribution >= 4 is 21.9 Å². The van der Waals surface area contributed by atoms with Gasteiger partial charge in [0.1, 0.15) is 5.82 Å². The van der Waals surface area contributed by atoms with Crippen LogP contribution < -0.4 is 0 Å². The Bertz CT molecular complexity index is 452. The lowest BCUT2D eigenvalue weighted by atomic mass is 9.89. The average molecular weight is 302 g/mol. The van der Waals surface area contributed by atoms with Crippen LogP contribution in [0.25, 0.3) is 0 Å². The van der Waals surface area contributed by atoms with Gasteiger partial charge >= 0.3 is 5.97 Å². The zero-order chi connectivity index (χ0) is 12.6. The first-order valence-corrected chi connectivity index (χ1v) is 6.14. The molecule has 1 aromatic carbocycles. The van der Waals surface area contributed by atoms with E-state index in [2.05, 4.69) is 15.9 Å². The molecule has 2 atom stereocenters. The number of rotatable bonds is 2. The lowest BCUT2D eigenvalue weighted by Gasteiger charge is -2.15. The van der Waals surface area contributed by atoms with Crippen LogP contribution in [-0.4, -0.2) is 36.1 Å². The molecule has 1 saturated heterocycles. The van der Waals surface area contributed by atoms with E-state index >= 15 is 0 Å². The van der Waals surface area contributed by atoms with Crippen molar-refractivity contribution in [2.24, 2.45) is 5.92 Å². The first-order valence-electron chi connectivity index (χ1n) is 5.35. The van der Waals surface area contributed by atoms with Crippen molar-refractivity contribution in [2.75, 3.05) is 20.1 Å². The van der Waals surface area contributed by atoms with Crippen molar-refractivity contribution in [1.82, 2.24) is 4.90 Å². The maximum absolute atomic E-state index is 13.5. The Balaban J connectivity index is 2.31. The van der Waals surface area contributed by atoms with Crippen molar-refractivity contribution in [2.45, 2.75) is 5.92 Å². The average Bonchev–Trinajstić information content (AvgIpc) is 2.64. The van der Waals surface area contributed by atoms with E-state index in [-0.39, 0.29) is 11.7 Å². The van der Waals surface area contributed by atoms with Gasteiger partial charge < -0.3 is 10.0 Å². The molecule has 92 valence electrons. The van der Waals surface area contributed by atoms with Gasteiger partial charge in [0.05, 0.1) is 10.4 Å². The fourth-order valence-corrected chi connectivity index (χ4v) is 2.58. The van der Waals surface area contributed by atoms with Crippen molar-refractivity contribution in [1.29, 1.82) is 0 Å². The highest BCUT2D eigenvalue weighted by Gasteiger charge is 2.37. The van der Waals surface area contributed by atoms with Gasteiger partial charge in [0.25, 0.3) is 0 Å². The SMILES string of the molecule is CN1CC(C(=O)O)C(c2ccc(Br)c(F)c2)C1. The van der Waals surface area contributed by atoms with E-state index in [1.54, 1.807) is 12.1 Å². The predicted octanol–water partition coefficient (Wildman–Crippen LogP) is 2.32. The Morgan fingerprint density at radius 3 is 2.82 bits per heavy atom. The molecule has 2 unspecified atom stereocenters. The van der Waals surface area contributed by atoms with Gasteiger partial charge in [0.2, 0.25) is 0 Å². The normalized spacial score (nSPS) is 25.1. The molecule has 0 aromatic heterocycles. The summed E-state index contributed by atoms with van der Waals surface area (Å²) in [4.78, 5) is 13.1. The van der Waals surface area contributed by atoms with Crippen LogP contribution in [0.4, 0.5) is 4.39 Å². The number of hydrogen-bond donors (Lipinski definition) is 1. The van der Waals surface area contributed by atoms with Gasteiger partial charge in [0.15, 0.2) is 0 Å². The van der Waals surface area contributed by atoms with Crippen LogP contribution in [0.3, 0.4) is 0 Å². The molecule has 1 heterocycles. The summed E-state index contributed by atoms with van der Waals surface area (Å²) in [6.45, 7) is 1.16. The first kappa shape index (κ1) is 12.5. The zero-order valence-corrected chi connectivity index (χ0v) is 10.9. The van der Waals surface area contributed by atoms with Crippen molar-refractivity contribution in [3.8, 4) is 0 Å². The smallest absolute Gasteiger partial charge is 0.308 e. The van der Waals surface area contributed by atoms with Gasteiger partial charge in [-0.05, 0) is 40.7 Å². The highest BCUT2D eigenvalue weighted by Crippen LogP contribution is 2.33. The summed E-state index contributed by atoms with van der Waals surface area (Å²) < 4.78 is 13.9. The topological polar surface area (TPSA) is 40.5 Å². The van der Waals surface area contributed by atoms with Crippen LogP contribution >= 0.6 is 15.9 Å². The molecule has 2 rings (SSSR count). The highest BCUT2D eigenvalue weighted by molar-refractivity contribution is 9.10. The van der Waals surface area contributed by atoms with Crippen molar-refractivity contribution in [3.63, 3.8) is 0 Å². The second-order valence-corrected chi connectivity index (χ2v) is 5.30. The van der Waals surface area contributed by atoms with Gasteiger partial charge in [-0.15, -0.1) is 0 Å². The lowest BCUT2D eigenvalue weighted by Crippen LogP contribution is -2.21. The van der Waals surface area contributed by atoms with Crippen LogP contribution in [0.15, 0.2) is 22.7 Å². The molecule has 0 radical (unpaired) electrons. The molecule has 17 heavy (non-hydrogen) atoms. The molecule has 0 aliphatic carbocycles. The number of aliphatic carboxylic acids is 1. The second kappa shape index (κ2) is 4.74. The molecular weight excluding hydrogens is 289 g/mol. The Morgan fingerprint density at radius 1 is 1.53 bits per heavy atom. The minimum absolute atomic E-state index is 0.139. The summed E-state index contributed by atoms with van der Waals surface area (Å²) in [5.74, 6) is -1.76. The van der Waals surface area contributed by atoms with Gasteiger partial charge in [-0.25, -0.2) is 4.39 Å². The van der Waals surface area contributed by atoms with Crippen molar-refractivity contribution < 1.29 is 14.3 Å². The minimum Gasteiger partial charge on any atom is -0.481 e. The quantitative estimate of drug-likeness (QED) is 0.911. The van der Waals surface area contributed by atoms with Crippen LogP contribution in [0.5, 0.6) is 0 Å². The number of hydrogen-bond acceptors (Lipinski definition) is 2. The van der Waals surface area contributed by atoms with Gasteiger partial charge in [0, 0.05) is 19.0 Å². The molecule has 0 spiro atoms. The molecule has 1 fully saturated rings. The van der Waals surface area contributed by atoms with Gasteiger partial charge in [-0.2, -0.15) is 0 Å². The van der Waals surface area contributed by atoms with Crippen LogP contribution in [0.2, 0.25) is 0 Å². The molecule has 0 bridgehead atoms. The summed E-state index contributed by atoms with van der Waals surface area (Å²) in [6, 6.07) is 4.83. The summed E-state index contributed by atoms with van der Waals surface area (Å²) >= 11 is 3.09. The molecule has 0 amide bonds. The first-order chi connectivity index (χ1) is 7.99. The van der Waals surface area contributed by atoms with Crippen LogP contribution in [0, 0.1) is 11.7 Å². The Hall–Kier alpha value is -0.940. The Labute approximate surface area is 107 Å². The number of carbonyl (C=O) groups is 1. The number of benzene rings is 1. The molecule has 1 aliphatic heterocycles. The third kappa shape index (κ3) is 2.50. The number of carboxylic acid groups (broad SMARTS) is 1. The van der Waals surface area contributed by atoms with E-state index in [9.17, 15) is 9.18 Å². The van der Waals surface area contributed by atoms with E-state index in [0.717, 1.165) is 5.56 Å². The van der Waals surface area contributed by atoms with Gasteiger partial charge in [-0.3, -0.25) is 4.79 Å². The lowest BCUT2D eigenvalue weighted by molar-refractivity contribution is -0.141. The molecule has 5 heteroatoms. The zero-order valence-electron chi connectivity index (χ0n) is 9.36. The van der Waals surface area contributed by atoms with E-state index in [0.29, 0.717) is 17.6 Å². The van der Waals surface area contributed by atoms with E-state index in [1.165, 1.54) is 6.07 Å². The molecule has 3 nitrogen and oxygen atoms in total. The maximum atomic E-state index is 13.5. The molecule has 0 saturated carbocycles. The number of likely N-dealkylation sites (tertiary alicyclic amines) is 1. The standard InChI is InChI=1S/C12H13BrFNO2/c1-15-5-8(9(6-15)12(16)17)7-2-3-10(13)11(14)4-7/h2-4,8-9H,5-6H2,1H3,(H,16,17). The van der Waals surface area contributed by atoms with E-state index < -0.39 is 11.9 Å². The van der Waals surface area contributed by atoms with E-state index in [1.807, 2.05) is 11.9 Å². The monoisotopic (exact) mass is 301 g/mol. The van der Waals surface area contributed by atoms with Crippen LogP contribution in [0.1, 0.15) is 11.5 Å². The minimum atomic E-state index is -0.817. The van der Waals surface area contributed by atoms with Gasteiger partial charge in [-0.1, -0.05) is 6.07 Å². The summed E-state index contributed by atoms with van der Waals surface area (Å²) in [5, 5.41) is 9.16. The van der Waals surface area contributed by atoms with E-state index in [4.69, 9.17) is 5.11 Å². The predicted molar refractivity (Wildman–Crippen MR) is 65.5 cm³/mol. The largest absolute Gasteiger partial charge is 0.481 e. The number of carboxylic acids is 1. The molecular formula is C12H13BrFNO2. The summed E-state index contributed by atoms with van der Waals surface area (Å²) in [7, 11) is 1.88. The fraction of sp³-hybridized carbons (Fsp3) is 0.417. The summed E-state index contributed by atoms with van der Waals surface area (Å²) in [6.07, 6.45) is 0. The molecule has 1 aromatic rings. The maximum Gasteiger partial charge on any atom is 0.308 e. The summed E-state index contributed by atoms with van der Waals surface area (Å²) in [5.41, 5.74) is 0.752. The number of likely N-dealkylation sites (N-methyl/N-ethyl adjacent to an activating group) is 1. The van der Waals surface area contributed by atoms with Crippen molar-refractivity contribution in [3.05, 3.63) is 34.1 Å². The Morgan fingerprint density at radius 2 is 2.24 bits per heavy atom. The highest BCUT2D eigenvalue weighted by atomic mass is 79.9.